The zero-order chi connectivity index (χ0) is 34.3. The molecule has 5 rings (SSSR count). The van der Waals surface area contributed by atoms with E-state index in [9.17, 15) is 24.3 Å². The second-order valence-electron chi connectivity index (χ2n) is 11.0. The Morgan fingerprint density at radius 3 is 2.23 bits per heavy atom. The summed E-state index contributed by atoms with van der Waals surface area (Å²) >= 11 is 0. The molecule has 1 aromatic heterocycles. The van der Waals surface area contributed by atoms with Gasteiger partial charge in [0.05, 0.1) is 6.07 Å². The standard InChI is InChI=1S/C34H34N3O10P/c1-4-19-43-33(38)31(35-34(39)44-22-30-28-11-7-5-9-26(28)27-10-6-8-12-29(27)30)20-23-13-15-24(16-14-23)47-48(42,36(2)3)45-21-25-17-18-32(46-25)37(40)41/h4-18,30-31H,1,19-22H2,2-3H3,(H,35,39). The highest BCUT2D eigenvalue weighted by atomic mass is 31.2. The van der Waals surface area contributed by atoms with Crippen molar-refractivity contribution in [2.75, 3.05) is 27.3 Å². The Balaban J connectivity index is 1.22. The predicted octanol–water partition coefficient (Wildman–Crippen LogP) is 6.63. The number of ether oxygens (including phenoxy) is 2. The van der Waals surface area contributed by atoms with E-state index < -0.39 is 36.7 Å². The van der Waals surface area contributed by atoms with Crippen molar-refractivity contribution in [3.63, 3.8) is 0 Å². The number of furan rings is 1. The Morgan fingerprint density at radius 2 is 1.65 bits per heavy atom. The Hall–Kier alpha value is -5.23. The number of rotatable bonds is 15. The Kier molecular flexibility index (Phi) is 10.7. The van der Waals surface area contributed by atoms with Gasteiger partial charge in [-0.3, -0.25) is 14.6 Å². The lowest BCUT2D eigenvalue weighted by molar-refractivity contribution is -0.402. The quantitative estimate of drug-likeness (QED) is 0.0474. The van der Waals surface area contributed by atoms with Crippen LogP contribution in [0, 0.1) is 10.1 Å². The molecule has 4 aromatic rings. The highest BCUT2D eigenvalue weighted by molar-refractivity contribution is 7.51. The lowest BCUT2D eigenvalue weighted by Gasteiger charge is -2.24. The molecular formula is C34H34N3O10P. The van der Waals surface area contributed by atoms with Crippen LogP contribution in [-0.4, -0.2) is 55.0 Å². The van der Waals surface area contributed by atoms with E-state index in [1.54, 1.807) is 12.1 Å². The Bertz CT molecular complexity index is 1790. The molecule has 1 heterocycles. The molecule has 0 saturated carbocycles. The van der Waals surface area contributed by atoms with E-state index >= 15 is 0 Å². The molecule has 0 aliphatic heterocycles. The van der Waals surface area contributed by atoms with Gasteiger partial charge >= 0.3 is 25.7 Å². The number of hydrogen-bond acceptors (Lipinski definition) is 10. The molecule has 3 aromatic carbocycles. The summed E-state index contributed by atoms with van der Waals surface area (Å²) in [6.07, 6.45) is 0.704. The van der Waals surface area contributed by atoms with Gasteiger partial charge in [-0.05, 0) is 60.1 Å². The van der Waals surface area contributed by atoms with Crippen LogP contribution in [0.25, 0.3) is 11.1 Å². The summed E-state index contributed by atoms with van der Waals surface area (Å²) in [5, 5.41) is 13.5. The van der Waals surface area contributed by atoms with Gasteiger partial charge in [0.25, 0.3) is 0 Å². The lowest BCUT2D eigenvalue weighted by atomic mass is 9.98. The molecule has 0 saturated heterocycles. The Morgan fingerprint density at radius 1 is 1.00 bits per heavy atom. The molecule has 1 aliphatic rings. The third-order valence-electron chi connectivity index (χ3n) is 7.53. The van der Waals surface area contributed by atoms with Crippen molar-refractivity contribution in [2.45, 2.75) is 25.0 Å². The van der Waals surface area contributed by atoms with Crippen molar-refractivity contribution >= 4 is 25.7 Å². The van der Waals surface area contributed by atoms with Gasteiger partial charge in [-0.25, -0.2) is 18.8 Å². The van der Waals surface area contributed by atoms with Crippen molar-refractivity contribution < 1.29 is 42.0 Å². The summed E-state index contributed by atoms with van der Waals surface area (Å²) in [6, 6.07) is 23.7. The van der Waals surface area contributed by atoms with E-state index in [4.69, 9.17) is 22.9 Å². The maximum atomic E-state index is 13.4. The van der Waals surface area contributed by atoms with Gasteiger partial charge in [-0.1, -0.05) is 73.3 Å². The molecule has 13 nitrogen and oxygen atoms in total. The fourth-order valence-corrected chi connectivity index (χ4v) is 6.31. The first-order valence-corrected chi connectivity index (χ1v) is 16.4. The van der Waals surface area contributed by atoms with Crippen molar-refractivity contribution in [1.29, 1.82) is 0 Å². The number of nitrogens with zero attached hydrogens (tertiary/aromatic N) is 2. The summed E-state index contributed by atoms with van der Waals surface area (Å²) in [5.41, 5.74) is 4.94. The van der Waals surface area contributed by atoms with E-state index in [0.717, 1.165) is 22.3 Å². The van der Waals surface area contributed by atoms with Crippen LogP contribution in [-0.2, 0) is 36.4 Å². The van der Waals surface area contributed by atoms with Crippen molar-refractivity contribution in [3.8, 4) is 16.9 Å². The van der Waals surface area contributed by atoms with Crippen LogP contribution in [0.5, 0.6) is 5.75 Å². The summed E-state index contributed by atoms with van der Waals surface area (Å²) in [6.45, 7) is 3.26. The number of carbonyl (C=O) groups is 2. The molecule has 0 fully saturated rings. The molecular weight excluding hydrogens is 641 g/mol. The number of carbonyl (C=O) groups excluding carboxylic acids is 2. The van der Waals surface area contributed by atoms with E-state index in [2.05, 4.69) is 11.9 Å². The third-order valence-corrected chi connectivity index (χ3v) is 9.41. The maximum absolute atomic E-state index is 13.4. The van der Waals surface area contributed by atoms with Crippen LogP contribution >= 0.6 is 7.75 Å². The van der Waals surface area contributed by atoms with Crippen LogP contribution in [0.3, 0.4) is 0 Å². The fourth-order valence-electron chi connectivity index (χ4n) is 5.18. The second-order valence-corrected chi connectivity index (χ2v) is 13.1. The van der Waals surface area contributed by atoms with Gasteiger partial charge in [0.1, 0.15) is 42.3 Å². The average molecular weight is 676 g/mol. The summed E-state index contributed by atoms with van der Waals surface area (Å²) in [5.74, 6) is -1.00. The number of alkyl carbamates (subject to hydrolysis) is 1. The SMILES string of the molecule is C=CCOC(=O)C(Cc1ccc(OP(=O)(OCc2ccc([N+](=O)[O-])o2)N(C)C)cc1)NC(=O)OCC1c2ccccc2-c2ccccc21. The summed E-state index contributed by atoms with van der Waals surface area (Å²) < 4.78 is 41.8. The van der Waals surface area contributed by atoms with Gasteiger partial charge < -0.3 is 23.7 Å². The smallest absolute Gasteiger partial charge is 0.460 e. The average Bonchev–Trinajstić information content (AvgIpc) is 3.69. The van der Waals surface area contributed by atoms with E-state index in [-0.39, 0.29) is 43.7 Å². The van der Waals surface area contributed by atoms with Gasteiger partial charge in [0, 0.05) is 12.3 Å². The molecule has 1 N–H and O–H groups in total. The number of nitrogens with one attached hydrogen (secondary N) is 1. The van der Waals surface area contributed by atoms with Crippen LogP contribution < -0.4 is 9.84 Å². The zero-order valence-corrected chi connectivity index (χ0v) is 27.2. The van der Waals surface area contributed by atoms with Crippen LogP contribution in [0.2, 0.25) is 0 Å². The number of esters is 1. The van der Waals surface area contributed by atoms with Gasteiger partial charge in [-0.15, -0.1) is 0 Å². The molecule has 14 heteroatoms. The first-order chi connectivity index (χ1) is 23.1. The molecule has 48 heavy (non-hydrogen) atoms. The fraction of sp³-hybridized carbons (Fsp3) is 0.235. The number of fused-ring (bicyclic) bond motifs is 3. The largest absolute Gasteiger partial charge is 0.461 e. The first-order valence-electron chi connectivity index (χ1n) is 14.9. The first kappa shape index (κ1) is 34.1. The van der Waals surface area contributed by atoms with E-state index in [1.165, 1.54) is 49.1 Å². The van der Waals surface area contributed by atoms with E-state index in [0.29, 0.717) is 5.56 Å². The highest BCUT2D eigenvalue weighted by Crippen LogP contribution is 2.51. The molecule has 1 aliphatic carbocycles. The highest BCUT2D eigenvalue weighted by Gasteiger charge is 2.32. The molecule has 2 atom stereocenters. The number of amides is 1. The molecule has 0 spiro atoms. The topological polar surface area (TPSA) is 160 Å². The Labute approximate surface area is 276 Å². The van der Waals surface area contributed by atoms with Gasteiger partial charge in [-0.2, -0.15) is 0 Å². The minimum atomic E-state index is -3.89. The van der Waals surface area contributed by atoms with E-state index in [1.807, 2.05) is 48.5 Å². The van der Waals surface area contributed by atoms with Crippen molar-refractivity contribution in [1.82, 2.24) is 9.99 Å². The van der Waals surface area contributed by atoms with Crippen molar-refractivity contribution in [2.24, 2.45) is 0 Å². The number of nitro groups is 1. The van der Waals surface area contributed by atoms with Crippen LogP contribution in [0.15, 0.2) is 102 Å². The summed E-state index contributed by atoms with van der Waals surface area (Å²) in [4.78, 5) is 36.1. The maximum Gasteiger partial charge on any atom is 0.461 e. The lowest BCUT2D eigenvalue weighted by Crippen LogP contribution is -2.44. The molecule has 0 radical (unpaired) electrons. The minimum Gasteiger partial charge on any atom is -0.460 e. The van der Waals surface area contributed by atoms with Crippen molar-refractivity contribution in [3.05, 3.63) is 130 Å². The van der Waals surface area contributed by atoms with Crippen LogP contribution in [0.1, 0.15) is 28.4 Å². The molecule has 2 unspecified atom stereocenters. The second kappa shape index (κ2) is 15.1. The predicted molar refractivity (Wildman–Crippen MR) is 175 cm³/mol. The monoisotopic (exact) mass is 675 g/mol. The molecule has 0 bridgehead atoms. The molecule has 250 valence electrons. The number of hydrogen-bond donors (Lipinski definition) is 1. The van der Waals surface area contributed by atoms with Gasteiger partial charge in [0.2, 0.25) is 0 Å². The molecule has 1 amide bonds. The summed E-state index contributed by atoms with van der Waals surface area (Å²) in [7, 11) is -0.906. The number of benzene rings is 3. The van der Waals surface area contributed by atoms with Gasteiger partial charge in [0.15, 0.2) is 0 Å². The minimum absolute atomic E-state index is 0.0420. The van der Waals surface area contributed by atoms with Crippen LogP contribution in [0.4, 0.5) is 10.7 Å². The zero-order valence-electron chi connectivity index (χ0n) is 26.3. The third kappa shape index (κ3) is 8.00. The normalized spacial score (nSPS) is 13.9.